The molecular weight excluding hydrogens is 312 g/mol. The summed E-state index contributed by atoms with van der Waals surface area (Å²) in [7, 11) is 1.67. The second-order valence-electron chi connectivity index (χ2n) is 3.96. The van der Waals surface area contributed by atoms with Crippen LogP contribution in [0.1, 0.15) is 23.4 Å². The topological polar surface area (TPSA) is 34.1 Å². The standard InChI is InChI=1S/C13H15BrN2OS/c1-9(16-7-11-6-15-8-18-11)10-3-4-13(17-2)12(14)5-10/h3-6,8-9,16H,7H2,1-2H3. The van der Waals surface area contributed by atoms with Gasteiger partial charge in [0.25, 0.3) is 0 Å². The van der Waals surface area contributed by atoms with Crippen molar-refractivity contribution in [3.63, 3.8) is 0 Å². The molecule has 0 radical (unpaired) electrons. The second kappa shape index (κ2) is 6.31. The summed E-state index contributed by atoms with van der Waals surface area (Å²) in [5.41, 5.74) is 3.08. The number of halogens is 1. The van der Waals surface area contributed by atoms with Crippen LogP contribution in [0, 0.1) is 0 Å². The van der Waals surface area contributed by atoms with Crippen LogP contribution in [0.2, 0.25) is 0 Å². The van der Waals surface area contributed by atoms with Crippen molar-refractivity contribution >= 4 is 27.3 Å². The maximum Gasteiger partial charge on any atom is 0.133 e. The number of hydrogen-bond acceptors (Lipinski definition) is 4. The summed E-state index contributed by atoms with van der Waals surface area (Å²) in [6.45, 7) is 2.99. The van der Waals surface area contributed by atoms with Crippen molar-refractivity contribution in [2.45, 2.75) is 19.5 Å². The van der Waals surface area contributed by atoms with Crippen LogP contribution in [-0.2, 0) is 6.54 Å². The van der Waals surface area contributed by atoms with Gasteiger partial charge in [-0.15, -0.1) is 11.3 Å². The first-order valence-corrected chi connectivity index (χ1v) is 7.32. The Kier molecular flexibility index (Phi) is 4.74. The molecule has 0 amide bonds. The number of benzene rings is 1. The minimum atomic E-state index is 0.286. The molecule has 0 aliphatic rings. The van der Waals surface area contributed by atoms with Crippen molar-refractivity contribution < 1.29 is 4.74 Å². The molecule has 1 heterocycles. The van der Waals surface area contributed by atoms with Crippen LogP contribution in [0.25, 0.3) is 0 Å². The van der Waals surface area contributed by atoms with Crippen LogP contribution < -0.4 is 10.1 Å². The molecule has 0 saturated heterocycles. The number of methoxy groups -OCH3 is 1. The van der Waals surface area contributed by atoms with E-state index in [1.165, 1.54) is 10.4 Å². The van der Waals surface area contributed by atoms with Crippen LogP contribution in [0.5, 0.6) is 5.75 Å². The molecule has 5 heteroatoms. The number of nitrogens with one attached hydrogen (secondary N) is 1. The van der Waals surface area contributed by atoms with Gasteiger partial charge in [0, 0.05) is 23.7 Å². The second-order valence-corrected chi connectivity index (χ2v) is 5.79. The Morgan fingerprint density at radius 2 is 2.33 bits per heavy atom. The Morgan fingerprint density at radius 3 is 2.94 bits per heavy atom. The molecule has 1 unspecified atom stereocenters. The SMILES string of the molecule is COc1ccc(C(C)NCc2cncs2)cc1Br. The Balaban J connectivity index is 2.00. The van der Waals surface area contributed by atoms with Gasteiger partial charge in [0.05, 0.1) is 17.1 Å². The highest BCUT2D eigenvalue weighted by Gasteiger charge is 2.08. The zero-order chi connectivity index (χ0) is 13.0. The van der Waals surface area contributed by atoms with E-state index in [9.17, 15) is 0 Å². The summed E-state index contributed by atoms with van der Waals surface area (Å²) in [5.74, 6) is 0.855. The lowest BCUT2D eigenvalue weighted by Gasteiger charge is -2.15. The Hall–Kier alpha value is -0.910. The predicted octanol–water partition coefficient (Wildman–Crippen LogP) is 3.77. The maximum atomic E-state index is 5.22. The van der Waals surface area contributed by atoms with E-state index in [1.54, 1.807) is 18.4 Å². The largest absolute Gasteiger partial charge is 0.496 e. The molecule has 1 atom stereocenters. The maximum absolute atomic E-state index is 5.22. The molecule has 0 bridgehead atoms. The lowest BCUT2D eigenvalue weighted by molar-refractivity contribution is 0.411. The summed E-state index contributed by atoms with van der Waals surface area (Å²) in [5, 5.41) is 3.47. The molecule has 1 N–H and O–H groups in total. The quantitative estimate of drug-likeness (QED) is 0.908. The average molecular weight is 327 g/mol. The van der Waals surface area contributed by atoms with Crippen molar-refractivity contribution in [3.8, 4) is 5.75 Å². The zero-order valence-corrected chi connectivity index (χ0v) is 12.7. The zero-order valence-electron chi connectivity index (χ0n) is 10.3. The first kappa shape index (κ1) is 13.5. The lowest BCUT2D eigenvalue weighted by Crippen LogP contribution is -2.17. The first-order chi connectivity index (χ1) is 8.70. The highest BCUT2D eigenvalue weighted by Crippen LogP contribution is 2.28. The van der Waals surface area contributed by atoms with Crippen LogP contribution in [0.4, 0.5) is 0 Å². The number of nitrogens with zero attached hydrogens (tertiary/aromatic N) is 1. The third-order valence-electron chi connectivity index (χ3n) is 2.74. The molecule has 0 aliphatic carbocycles. The fraction of sp³-hybridized carbons (Fsp3) is 0.308. The van der Waals surface area contributed by atoms with Gasteiger partial charge in [0.15, 0.2) is 0 Å². The third kappa shape index (κ3) is 3.31. The molecule has 2 rings (SSSR count). The van der Waals surface area contributed by atoms with Gasteiger partial charge in [-0.2, -0.15) is 0 Å². The van der Waals surface area contributed by atoms with Crippen molar-refractivity contribution in [1.29, 1.82) is 0 Å². The summed E-state index contributed by atoms with van der Waals surface area (Å²) in [6.07, 6.45) is 1.90. The van der Waals surface area contributed by atoms with Crippen LogP contribution in [-0.4, -0.2) is 12.1 Å². The van der Waals surface area contributed by atoms with Crippen molar-refractivity contribution in [3.05, 3.63) is 44.8 Å². The van der Waals surface area contributed by atoms with Gasteiger partial charge in [-0.05, 0) is 40.5 Å². The molecule has 1 aromatic heterocycles. The van der Waals surface area contributed by atoms with Crippen molar-refractivity contribution in [2.24, 2.45) is 0 Å². The summed E-state index contributed by atoms with van der Waals surface area (Å²) in [6, 6.07) is 6.43. The molecule has 0 fully saturated rings. The van der Waals surface area contributed by atoms with E-state index in [4.69, 9.17) is 4.74 Å². The molecule has 18 heavy (non-hydrogen) atoms. The van der Waals surface area contributed by atoms with E-state index in [0.29, 0.717) is 0 Å². The van der Waals surface area contributed by atoms with E-state index in [0.717, 1.165) is 16.8 Å². The Bertz CT molecular complexity index is 502. The highest BCUT2D eigenvalue weighted by atomic mass is 79.9. The normalized spacial score (nSPS) is 12.4. The van der Waals surface area contributed by atoms with Crippen LogP contribution in [0.15, 0.2) is 34.4 Å². The molecule has 0 aliphatic heterocycles. The third-order valence-corrected chi connectivity index (χ3v) is 4.14. The van der Waals surface area contributed by atoms with Crippen molar-refractivity contribution in [2.75, 3.05) is 7.11 Å². The number of ether oxygens (including phenoxy) is 1. The van der Waals surface area contributed by atoms with Gasteiger partial charge >= 0.3 is 0 Å². The molecule has 0 saturated carbocycles. The number of aromatic nitrogens is 1. The van der Waals surface area contributed by atoms with Gasteiger partial charge < -0.3 is 10.1 Å². The average Bonchev–Trinajstić information content (AvgIpc) is 2.89. The number of rotatable bonds is 5. The van der Waals surface area contributed by atoms with E-state index in [1.807, 2.05) is 17.8 Å². The Morgan fingerprint density at radius 1 is 1.50 bits per heavy atom. The molecule has 1 aromatic carbocycles. The lowest BCUT2D eigenvalue weighted by atomic mass is 10.1. The number of thiazole rings is 1. The highest BCUT2D eigenvalue weighted by molar-refractivity contribution is 9.10. The summed E-state index contributed by atoms with van der Waals surface area (Å²) in [4.78, 5) is 5.31. The van der Waals surface area contributed by atoms with E-state index in [-0.39, 0.29) is 6.04 Å². The fourth-order valence-electron chi connectivity index (χ4n) is 1.65. The van der Waals surface area contributed by atoms with Gasteiger partial charge in [-0.25, -0.2) is 0 Å². The van der Waals surface area contributed by atoms with Crippen molar-refractivity contribution in [1.82, 2.24) is 10.3 Å². The van der Waals surface area contributed by atoms with Crippen LogP contribution >= 0.6 is 27.3 Å². The molecule has 3 nitrogen and oxygen atoms in total. The minimum absolute atomic E-state index is 0.286. The summed E-state index contributed by atoms with van der Waals surface area (Å²) < 4.78 is 6.21. The minimum Gasteiger partial charge on any atom is -0.496 e. The van der Waals surface area contributed by atoms with Gasteiger partial charge in [-0.3, -0.25) is 4.98 Å². The van der Waals surface area contributed by atoms with Gasteiger partial charge in [-0.1, -0.05) is 6.07 Å². The number of hydrogen-bond donors (Lipinski definition) is 1. The fourth-order valence-corrected chi connectivity index (χ4v) is 2.76. The van der Waals surface area contributed by atoms with Gasteiger partial charge in [0.2, 0.25) is 0 Å². The smallest absolute Gasteiger partial charge is 0.133 e. The molecule has 96 valence electrons. The summed E-state index contributed by atoms with van der Waals surface area (Å²) >= 11 is 5.17. The molecule has 2 aromatic rings. The first-order valence-electron chi connectivity index (χ1n) is 5.65. The Labute approximate surface area is 119 Å². The predicted molar refractivity (Wildman–Crippen MR) is 78.1 cm³/mol. The van der Waals surface area contributed by atoms with E-state index >= 15 is 0 Å². The van der Waals surface area contributed by atoms with Crippen LogP contribution in [0.3, 0.4) is 0 Å². The molecule has 0 spiro atoms. The molecular formula is C13H15BrN2OS. The monoisotopic (exact) mass is 326 g/mol. The van der Waals surface area contributed by atoms with E-state index in [2.05, 4.69) is 45.3 Å². The van der Waals surface area contributed by atoms with Gasteiger partial charge in [0.1, 0.15) is 5.75 Å². The van der Waals surface area contributed by atoms with E-state index < -0.39 is 0 Å².